The molecule has 0 radical (unpaired) electrons. The molecule has 1 aliphatic rings. The molecule has 0 fully saturated rings. The lowest BCUT2D eigenvalue weighted by Gasteiger charge is -2.25. The minimum absolute atomic E-state index is 0.229. The van der Waals surface area contributed by atoms with Crippen molar-refractivity contribution in [1.29, 1.82) is 5.41 Å². The molecule has 2 aromatic carbocycles. The van der Waals surface area contributed by atoms with Gasteiger partial charge >= 0.3 is 0 Å². The zero-order valence-corrected chi connectivity index (χ0v) is 26.2. The second-order valence-electron chi connectivity index (χ2n) is 11.0. The number of aliphatic imine (C=N–C) groups is 2. The van der Waals surface area contributed by atoms with Crippen LogP contribution in [0.4, 0.5) is 4.39 Å². The van der Waals surface area contributed by atoms with Gasteiger partial charge < -0.3 is 0 Å². The van der Waals surface area contributed by atoms with Crippen molar-refractivity contribution in [3.63, 3.8) is 0 Å². The van der Waals surface area contributed by atoms with Crippen LogP contribution in [0.5, 0.6) is 0 Å². The molecule has 2 aromatic rings. The molecular formula is C36H45ClFN3. The third kappa shape index (κ3) is 9.19. The molecule has 3 rings (SSSR count). The van der Waals surface area contributed by atoms with E-state index in [1.165, 1.54) is 33.9 Å². The van der Waals surface area contributed by atoms with Gasteiger partial charge in [0.2, 0.25) is 0 Å². The number of hydrogen-bond acceptors (Lipinski definition) is 3. The normalized spacial score (nSPS) is 14.6. The fourth-order valence-electron chi connectivity index (χ4n) is 5.21. The van der Waals surface area contributed by atoms with Crippen LogP contribution < -0.4 is 0 Å². The molecule has 0 amide bonds. The van der Waals surface area contributed by atoms with E-state index in [1.54, 1.807) is 12.1 Å². The van der Waals surface area contributed by atoms with Gasteiger partial charge in [0.05, 0.1) is 17.1 Å². The number of rotatable bonds is 14. The number of allylic oxidation sites excluding steroid dienone is 4. The van der Waals surface area contributed by atoms with E-state index in [4.69, 9.17) is 27.0 Å². The molecular weight excluding hydrogens is 529 g/mol. The van der Waals surface area contributed by atoms with E-state index in [1.807, 2.05) is 19.1 Å². The van der Waals surface area contributed by atoms with Crippen LogP contribution in [0.15, 0.2) is 86.9 Å². The lowest BCUT2D eigenvalue weighted by molar-refractivity contribution is 0.600. The maximum Gasteiger partial charge on any atom is 0.127 e. The van der Waals surface area contributed by atoms with E-state index < -0.39 is 0 Å². The van der Waals surface area contributed by atoms with E-state index in [9.17, 15) is 4.39 Å². The predicted molar refractivity (Wildman–Crippen MR) is 176 cm³/mol. The number of unbranched alkanes of at least 4 members (excludes halogenated alkanes) is 1. The zero-order valence-electron chi connectivity index (χ0n) is 25.5. The van der Waals surface area contributed by atoms with Crippen LogP contribution in [0, 0.1) is 11.2 Å². The highest BCUT2D eigenvalue weighted by Gasteiger charge is 2.21. The smallest absolute Gasteiger partial charge is 0.127 e. The molecule has 0 aromatic heterocycles. The maximum absolute atomic E-state index is 14.0. The van der Waals surface area contributed by atoms with E-state index in [0.29, 0.717) is 29.3 Å². The van der Waals surface area contributed by atoms with Crippen LogP contribution in [0.2, 0.25) is 5.02 Å². The van der Waals surface area contributed by atoms with Crippen molar-refractivity contribution < 1.29 is 4.39 Å². The summed E-state index contributed by atoms with van der Waals surface area (Å²) in [4.78, 5) is 9.65. The maximum atomic E-state index is 14.0. The summed E-state index contributed by atoms with van der Waals surface area (Å²) in [7, 11) is 0. The van der Waals surface area contributed by atoms with Gasteiger partial charge in [-0.25, -0.2) is 4.39 Å². The third-order valence-corrected chi connectivity index (χ3v) is 8.22. The van der Waals surface area contributed by atoms with Crippen LogP contribution in [0.3, 0.4) is 0 Å². The van der Waals surface area contributed by atoms with Crippen LogP contribution in [-0.4, -0.2) is 30.2 Å². The summed E-state index contributed by atoms with van der Waals surface area (Å²) in [6.45, 7) is 16.3. The van der Waals surface area contributed by atoms with Crippen molar-refractivity contribution in [2.45, 2.75) is 86.0 Å². The van der Waals surface area contributed by atoms with Gasteiger partial charge in [-0.1, -0.05) is 72.2 Å². The summed E-state index contributed by atoms with van der Waals surface area (Å²) in [6, 6.07) is 13.1. The minimum Gasteiger partial charge on any atom is -0.298 e. The second kappa shape index (κ2) is 15.8. The molecule has 0 heterocycles. The Morgan fingerprint density at radius 3 is 2.29 bits per heavy atom. The number of hydrogen-bond donors (Lipinski definition) is 1. The van der Waals surface area contributed by atoms with Crippen LogP contribution in [0.25, 0.3) is 0 Å². The number of halogens is 2. The Morgan fingerprint density at radius 1 is 0.951 bits per heavy atom. The largest absolute Gasteiger partial charge is 0.298 e. The van der Waals surface area contributed by atoms with Crippen molar-refractivity contribution in [2.24, 2.45) is 9.98 Å². The van der Waals surface area contributed by atoms with Gasteiger partial charge in [0, 0.05) is 23.7 Å². The van der Waals surface area contributed by atoms with Crippen LogP contribution in [0.1, 0.15) is 89.8 Å². The van der Waals surface area contributed by atoms with Crippen LogP contribution >= 0.6 is 11.6 Å². The highest BCUT2D eigenvalue weighted by Crippen LogP contribution is 2.34. The number of benzene rings is 2. The fourth-order valence-corrected chi connectivity index (χ4v) is 5.37. The molecule has 41 heavy (non-hydrogen) atoms. The van der Waals surface area contributed by atoms with Gasteiger partial charge in [-0.15, -0.1) is 0 Å². The number of nitrogens with one attached hydrogen (secondary N) is 1. The molecule has 0 aliphatic heterocycles. The second-order valence-corrected chi connectivity index (χ2v) is 11.4. The summed E-state index contributed by atoms with van der Waals surface area (Å²) < 4.78 is 14.0. The van der Waals surface area contributed by atoms with E-state index in [0.717, 1.165) is 74.1 Å². The number of nitrogens with zero attached hydrogens (tertiary/aromatic N) is 2. The third-order valence-electron chi connectivity index (χ3n) is 7.98. The van der Waals surface area contributed by atoms with Crippen molar-refractivity contribution in [2.75, 3.05) is 13.1 Å². The standard InChI is InChI=1S/C36H45ClFN3/c1-7-24(3)36(40-8-2)33-22-26(5)25(4)21-31(33)19-20-41-27(6)35(39)30-15-13-28(14-16-30)11-9-10-12-29-17-18-32(37)23-34(29)38/h13-18,23,39H,3,7-12,19-22H2,1-2,4-6H3. The first-order valence-electron chi connectivity index (χ1n) is 14.9. The van der Waals surface area contributed by atoms with Gasteiger partial charge in [0.25, 0.3) is 0 Å². The lowest BCUT2D eigenvalue weighted by atomic mass is 9.82. The van der Waals surface area contributed by atoms with E-state index in [-0.39, 0.29) is 5.82 Å². The van der Waals surface area contributed by atoms with Gasteiger partial charge in [0.15, 0.2) is 0 Å². The minimum atomic E-state index is -0.229. The van der Waals surface area contributed by atoms with E-state index >= 15 is 0 Å². The molecule has 0 atom stereocenters. The van der Waals surface area contributed by atoms with Gasteiger partial charge in [-0.05, 0) is 113 Å². The molecule has 3 nitrogen and oxygen atoms in total. The molecule has 0 saturated carbocycles. The Kier molecular flexibility index (Phi) is 12.5. The fraction of sp³-hybridized carbons (Fsp3) is 0.417. The first kappa shape index (κ1) is 32.4. The monoisotopic (exact) mass is 573 g/mol. The molecule has 1 aliphatic carbocycles. The number of aryl methyl sites for hydroxylation is 2. The Labute approximate surface area is 251 Å². The van der Waals surface area contributed by atoms with Crippen molar-refractivity contribution in [1.82, 2.24) is 0 Å². The highest BCUT2D eigenvalue weighted by molar-refractivity contribution is 6.46. The first-order valence-corrected chi connectivity index (χ1v) is 15.2. The van der Waals surface area contributed by atoms with E-state index in [2.05, 4.69) is 46.4 Å². The Balaban J connectivity index is 1.58. The average molecular weight is 574 g/mol. The quantitative estimate of drug-likeness (QED) is 0.133. The van der Waals surface area contributed by atoms with Gasteiger partial charge in [-0.3, -0.25) is 15.4 Å². The van der Waals surface area contributed by atoms with Gasteiger partial charge in [0.1, 0.15) is 5.82 Å². The summed E-state index contributed by atoms with van der Waals surface area (Å²) in [5.74, 6) is -0.229. The van der Waals surface area contributed by atoms with Crippen molar-refractivity contribution >= 4 is 28.7 Å². The first-order chi connectivity index (χ1) is 19.6. The Morgan fingerprint density at radius 2 is 1.63 bits per heavy atom. The average Bonchev–Trinajstić information content (AvgIpc) is 2.96. The summed E-state index contributed by atoms with van der Waals surface area (Å²) in [5.41, 5.74) is 11.8. The SMILES string of the molecule is C=C(CC)C(=NCC)C1=C(CCN=C(C)C(=N)c2ccc(CCCCc3ccc(Cl)cc3F)cc2)CC(C)=C(C)C1. The van der Waals surface area contributed by atoms with Gasteiger partial charge in [-0.2, -0.15) is 0 Å². The molecule has 5 heteroatoms. The molecule has 218 valence electrons. The zero-order chi connectivity index (χ0) is 29.9. The summed E-state index contributed by atoms with van der Waals surface area (Å²) in [5, 5.41) is 9.13. The Bertz CT molecular complexity index is 1380. The summed E-state index contributed by atoms with van der Waals surface area (Å²) >= 11 is 5.85. The lowest BCUT2D eigenvalue weighted by Crippen LogP contribution is -2.15. The van der Waals surface area contributed by atoms with Crippen LogP contribution in [-0.2, 0) is 12.8 Å². The highest BCUT2D eigenvalue weighted by atomic mass is 35.5. The summed E-state index contributed by atoms with van der Waals surface area (Å²) in [6.07, 6.45) is 7.17. The Hall–Kier alpha value is -3.11. The van der Waals surface area contributed by atoms with Crippen molar-refractivity contribution in [3.05, 3.63) is 104 Å². The molecule has 0 spiro atoms. The molecule has 1 N–H and O–H groups in total. The molecule has 0 bridgehead atoms. The van der Waals surface area contributed by atoms with Crippen molar-refractivity contribution in [3.8, 4) is 0 Å². The molecule has 0 unspecified atom stereocenters. The predicted octanol–water partition coefficient (Wildman–Crippen LogP) is 10.1. The topological polar surface area (TPSA) is 48.6 Å². The molecule has 0 saturated heterocycles.